The van der Waals surface area contributed by atoms with Gasteiger partial charge in [0.2, 0.25) is 0 Å². The molecule has 256 valence electrons. The number of guanidine groups is 1. The number of carbonyl (C=O) groups excluding carboxylic acids is 1. The number of unbranched alkanes of at least 4 members (excludes halogenated alkanes) is 3. The molecule has 8 N–H and O–H groups in total. The molecule has 0 spiro atoms. The molecule has 2 fully saturated rings. The number of likely N-dealkylation sites (N-methyl/N-ethyl adjacent to an activating group) is 1. The Morgan fingerprint density at radius 1 is 0.932 bits per heavy atom. The molecule has 2 aliphatic rings. The summed E-state index contributed by atoms with van der Waals surface area (Å²) in [4.78, 5) is 26.1. The molecule has 1 aromatic heterocycles. The summed E-state index contributed by atoms with van der Waals surface area (Å²) >= 11 is 0. The van der Waals surface area contributed by atoms with Crippen molar-refractivity contribution in [3.8, 4) is 0 Å². The number of ether oxygens (including phenoxy) is 5. The molecular weight excluding hydrogens is 570 g/mol. The van der Waals surface area contributed by atoms with E-state index in [9.17, 15) is 4.79 Å². The molecule has 3 rings (SSSR count). The van der Waals surface area contributed by atoms with Gasteiger partial charge in [0, 0.05) is 20.2 Å². The van der Waals surface area contributed by atoms with Gasteiger partial charge in [0.25, 0.3) is 5.91 Å². The van der Waals surface area contributed by atoms with E-state index in [0.717, 1.165) is 71.8 Å². The smallest absolute Gasteiger partial charge is 0.280 e. The van der Waals surface area contributed by atoms with Gasteiger partial charge in [0.1, 0.15) is 5.82 Å². The third-order valence-electron chi connectivity index (χ3n) is 5.92. The van der Waals surface area contributed by atoms with Crippen LogP contribution >= 0.6 is 0 Å². The normalized spacial score (nSPS) is 16.6. The van der Waals surface area contributed by atoms with Gasteiger partial charge in [-0.3, -0.25) is 15.1 Å². The van der Waals surface area contributed by atoms with Crippen LogP contribution in [0.5, 0.6) is 0 Å². The van der Waals surface area contributed by atoms with E-state index in [1.807, 2.05) is 48.8 Å². The maximum atomic E-state index is 12.0. The fourth-order valence-electron chi connectivity index (χ4n) is 3.40. The van der Waals surface area contributed by atoms with Gasteiger partial charge in [-0.15, -0.1) is 0 Å². The van der Waals surface area contributed by atoms with Crippen LogP contribution < -0.4 is 27.8 Å². The first kappa shape index (κ1) is 41.3. The summed E-state index contributed by atoms with van der Waals surface area (Å²) in [5.74, 6) is -0.962. The van der Waals surface area contributed by atoms with Crippen molar-refractivity contribution in [3.63, 3.8) is 0 Å². The van der Waals surface area contributed by atoms with Crippen molar-refractivity contribution in [1.29, 1.82) is 0 Å². The second-order valence-corrected chi connectivity index (χ2v) is 11.2. The van der Waals surface area contributed by atoms with Crippen LogP contribution in [-0.4, -0.2) is 119 Å². The monoisotopic (exact) mass is 629 g/mol. The summed E-state index contributed by atoms with van der Waals surface area (Å²) in [5, 5.41) is 5.55. The number of aromatic nitrogens is 2. The van der Waals surface area contributed by atoms with Crippen LogP contribution in [0.15, 0.2) is 4.99 Å². The van der Waals surface area contributed by atoms with E-state index in [-0.39, 0.29) is 34.9 Å². The van der Waals surface area contributed by atoms with Crippen molar-refractivity contribution in [2.45, 2.75) is 71.9 Å². The minimum absolute atomic E-state index is 0.0121. The quantitative estimate of drug-likeness (QED) is 0.134. The first-order valence-electron chi connectivity index (χ1n) is 15.0. The molecule has 0 saturated carbocycles. The number of carbonyl (C=O) groups is 1. The molecule has 1 amide bonds. The minimum atomic E-state index is -0.548. The zero-order chi connectivity index (χ0) is 33.6. The topological polar surface area (TPSA) is 207 Å². The Hall–Kier alpha value is -2.66. The second-order valence-electron chi connectivity index (χ2n) is 11.2. The maximum Gasteiger partial charge on any atom is 0.280 e. The number of aryl methyl sites for hydroxylation is 1. The Morgan fingerprint density at radius 2 is 1.45 bits per heavy atom. The lowest BCUT2D eigenvalue weighted by Gasteiger charge is -2.13. The van der Waals surface area contributed by atoms with E-state index in [1.54, 1.807) is 14.0 Å². The van der Waals surface area contributed by atoms with Crippen molar-refractivity contribution in [2.24, 2.45) is 10.7 Å². The van der Waals surface area contributed by atoms with Gasteiger partial charge >= 0.3 is 0 Å². The van der Waals surface area contributed by atoms with E-state index in [0.29, 0.717) is 12.2 Å². The third-order valence-corrected chi connectivity index (χ3v) is 5.92. The first-order chi connectivity index (χ1) is 20.6. The Labute approximate surface area is 264 Å². The fraction of sp³-hybridized carbons (Fsp3) is 0.793. The van der Waals surface area contributed by atoms with E-state index >= 15 is 0 Å². The summed E-state index contributed by atoms with van der Waals surface area (Å²) in [5.41, 5.74) is 17.3. The van der Waals surface area contributed by atoms with Crippen LogP contribution in [0.4, 0.5) is 11.6 Å². The average Bonchev–Trinajstić information content (AvgIpc) is 3.55. The zero-order valence-electron chi connectivity index (χ0n) is 28.5. The summed E-state index contributed by atoms with van der Waals surface area (Å²) in [7, 11) is 7.70. The lowest BCUT2D eigenvalue weighted by Crippen LogP contribution is -2.38. The Morgan fingerprint density at radius 3 is 1.86 bits per heavy atom. The molecule has 15 nitrogen and oxygen atoms in total. The highest BCUT2D eigenvalue weighted by Gasteiger charge is 2.24. The van der Waals surface area contributed by atoms with Crippen LogP contribution in [0.3, 0.4) is 0 Å². The number of rotatable bonds is 11. The average molecular weight is 630 g/mol. The minimum Gasteiger partial charge on any atom is -0.383 e. The molecule has 2 saturated heterocycles. The van der Waals surface area contributed by atoms with Gasteiger partial charge in [-0.1, -0.05) is 12.8 Å². The SMILES string of the molecule is CC1(C)OCCO1.CC1(C)OCCO1.CNCCCCCCN=C(N)NC(=O)c1nc(C)c(N)nc1N.COCCN(C)C. The molecule has 3 heterocycles. The zero-order valence-corrected chi connectivity index (χ0v) is 28.5. The number of hydrogen-bond acceptors (Lipinski definition) is 13. The molecule has 0 bridgehead atoms. The fourth-order valence-corrected chi connectivity index (χ4v) is 3.40. The number of nitrogen functional groups attached to an aromatic ring is 2. The Bertz CT molecular complexity index is 926. The number of nitrogens with zero attached hydrogens (tertiary/aromatic N) is 4. The van der Waals surface area contributed by atoms with Gasteiger partial charge in [-0.2, -0.15) is 0 Å². The van der Waals surface area contributed by atoms with Crippen molar-refractivity contribution < 1.29 is 28.5 Å². The van der Waals surface area contributed by atoms with Crippen molar-refractivity contribution in [3.05, 3.63) is 11.4 Å². The number of aliphatic imine (C=N–C) groups is 1. The third kappa shape index (κ3) is 21.1. The lowest BCUT2D eigenvalue weighted by molar-refractivity contribution is -0.126. The summed E-state index contributed by atoms with van der Waals surface area (Å²) < 4.78 is 25.3. The summed E-state index contributed by atoms with van der Waals surface area (Å²) in [6, 6.07) is 0. The largest absolute Gasteiger partial charge is 0.383 e. The van der Waals surface area contributed by atoms with Crippen LogP contribution in [0.1, 0.15) is 69.6 Å². The van der Waals surface area contributed by atoms with Crippen molar-refractivity contribution in [1.82, 2.24) is 25.5 Å². The summed E-state index contributed by atoms with van der Waals surface area (Å²) in [6.07, 6.45) is 4.27. The molecule has 2 aliphatic heterocycles. The first-order valence-corrected chi connectivity index (χ1v) is 15.0. The van der Waals surface area contributed by atoms with Crippen LogP contribution in [0, 0.1) is 6.92 Å². The molecule has 0 radical (unpaired) electrons. The van der Waals surface area contributed by atoms with Crippen LogP contribution in [-0.2, 0) is 23.7 Å². The predicted octanol–water partition coefficient (Wildman–Crippen LogP) is 1.51. The van der Waals surface area contributed by atoms with Crippen LogP contribution in [0.2, 0.25) is 0 Å². The predicted molar refractivity (Wildman–Crippen MR) is 174 cm³/mol. The van der Waals surface area contributed by atoms with Gasteiger partial charge in [0.05, 0.1) is 38.7 Å². The van der Waals surface area contributed by atoms with E-state index in [1.165, 1.54) is 0 Å². The number of amides is 1. The second kappa shape index (κ2) is 22.8. The molecule has 1 aromatic rings. The van der Waals surface area contributed by atoms with Gasteiger partial charge < -0.3 is 51.1 Å². The number of nitrogens with two attached hydrogens (primary N) is 3. The van der Waals surface area contributed by atoms with E-state index < -0.39 is 5.91 Å². The summed E-state index contributed by atoms with van der Waals surface area (Å²) in [6.45, 7) is 15.7. The maximum absolute atomic E-state index is 12.0. The molecule has 0 atom stereocenters. The van der Waals surface area contributed by atoms with Crippen molar-refractivity contribution >= 4 is 23.5 Å². The van der Waals surface area contributed by atoms with Gasteiger partial charge in [0.15, 0.2) is 29.0 Å². The molecule has 0 unspecified atom stereocenters. The lowest BCUT2D eigenvalue weighted by atomic mass is 10.2. The highest BCUT2D eigenvalue weighted by molar-refractivity contribution is 6.06. The Balaban J connectivity index is 0.000000703. The molecule has 0 aliphatic carbocycles. The number of hydrogen-bond donors (Lipinski definition) is 5. The molecule has 44 heavy (non-hydrogen) atoms. The highest BCUT2D eigenvalue weighted by Crippen LogP contribution is 2.16. The molecule has 15 heteroatoms. The van der Waals surface area contributed by atoms with E-state index in [2.05, 4.69) is 30.5 Å². The highest BCUT2D eigenvalue weighted by atomic mass is 16.7. The van der Waals surface area contributed by atoms with Gasteiger partial charge in [-0.05, 0) is 75.1 Å². The standard InChI is InChI=1S/C14H26N8O.C5H13NO.2C5H10O2/c1-9-11(15)21-12(16)10(20-9)13(23)22-14(17)19-8-6-4-3-5-7-18-2;1-6(2)4-5-7-3;2*1-5(2)6-3-4-7-5/h18H,3-8H2,1-2H3,(H4,15,16,21)(H3,17,19,22,23);4-5H2,1-3H3;2*3-4H2,1-2H3. The van der Waals surface area contributed by atoms with Crippen LogP contribution in [0.25, 0.3) is 0 Å². The van der Waals surface area contributed by atoms with E-state index in [4.69, 9.17) is 40.9 Å². The van der Waals surface area contributed by atoms with Gasteiger partial charge in [-0.25, -0.2) is 9.97 Å². The number of methoxy groups -OCH3 is 1. The number of nitrogens with one attached hydrogen (secondary N) is 2. The number of anilines is 2. The van der Waals surface area contributed by atoms with Crippen molar-refractivity contribution in [2.75, 3.05) is 92.4 Å². The molecular formula is C29H59N9O6. The Kier molecular flexibility index (Phi) is 21.4. The molecule has 0 aromatic carbocycles.